The van der Waals surface area contributed by atoms with Crippen molar-refractivity contribution < 1.29 is 5.11 Å². The molecule has 0 aliphatic heterocycles. The van der Waals surface area contributed by atoms with Gasteiger partial charge in [-0.15, -0.1) is 0 Å². The summed E-state index contributed by atoms with van der Waals surface area (Å²) in [6.45, 7) is 0.717. The number of rotatable bonds is 3. The Morgan fingerprint density at radius 3 is 2.84 bits per heavy atom. The van der Waals surface area contributed by atoms with Gasteiger partial charge in [0.15, 0.2) is 0 Å². The van der Waals surface area contributed by atoms with Gasteiger partial charge in [0.2, 0.25) is 0 Å². The highest BCUT2D eigenvalue weighted by atomic mass is 79.9. The quantitative estimate of drug-likeness (QED) is 0.676. The van der Waals surface area contributed by atoms with Crippen LogP contribution in [0.15, 0.2) is 53.1 Å². The van der Waals surface area contributed by atoms with Crippen LogP contribution < -0.4 is 5.32 Å². The van der Waals surface area contributed by atoms with Crippen molar-refractivity contribution in [2.75, 3.05) is 5.32 Å². The van der Waals surface area contributed by atoms with Crippen molar-refractivity contribution in [3.63, 3.8) is 0 Å². The predicted octanol–water partition coefficient (Wildman–Crippen LogP) is 4.25. The van der Waals surface area contributed by atoms with Crippen molar-refractivity contribution >= 4 is 32.5 Å². The first-order valence-electron chi connectivity index (χ1n) is 6.01. The number of halogens is 1. The summed E-state index contributed by atoms with van der Waals surface area (Å²) in [5.41, 5.74) is 3.33. The molecule has 0 spiro atoms. The third kappa shape index (κ3) is 2.58. The predicted molar refractivity (Wildman–Crippen MR) is 81.4 cm³/mol. The number of aromatic nitrogens is 1. The molecule has 0 aliphatic carbocycles. The fraction of sp³-hybridized carbons (Fsp3) is 0.0667. The number of benzene rings is 2. The molecule has 0 bridgehead atoms. The van der Waals surface area contributed by atoms with Crippen molar-refractivity contribution in [1.82, 2.24) is 4.98 Å². The molecule has 0 aliphatic rings. The highest BCUT2D eigenvalue weighted by Gasteiger charge is 2.01. The summed E-state index contributed by atoms with van der Waals surface area (Å²) < 4.78 is 0.716. The van der Waals surface area contributed by atoms with E-state index >= 15 is 0 Å². The molecule has 3 aromatic rings. The van der Waals surface area contributed by atoms with Crippen molar-refractivity contribution in [2.24, 2.45) is 0 Å². The molecule has 1 aromatic heterocycles. The van der Waals surface area contributed by atoms with Gasteiger partial charge in [-0.25, -0.2) is 0 Å². The van der Waals surface area contributed by atoms with E-state index in [2.05, 4.69) is 44.4 Å². The molecule has 3 nitrogen and oxygen atoms in total. The summed E-state index contributed by atoms with van der Waals surface area (Å²) in [6, 6.07) is 13.8. The summed E-state index contributed by atoms with van der Waals surface area (Å²) in [6.07, 6.45) is 1.94. The summed E-state index contributed by atoms with van der Waals surface area (Å²) in [4.78, 5) is 3.17. The van der Waals surface area contributed by atoms with Crippen molar-refractivity contribution in [3.05, 3.63) is 58.7 Å². The van der Waals surface area contributed by atoms with Crippen molar-refractivity contribution in [3.8, 4) is 5.75 Å². The number of aromatic hydroxyl groups is 1. The Morgan fingerprint density at radius 1 is 1.11 bits per heavy atom. The van der Waals surface area contributed by atoms with Crippen molar-refractivity contribution in [2.45, 2.75) is 6.54 Å². The molecular formula is C15H13BrN2O. The number of H-pyrrole nitrogens is 1. The molecule has 0 saturated carbocycles. The standard InChI is InChI=1S/C15H13BrN2O/c16-13-7-10(1-4-15(13)19)9-18-12-2-3-14-11(8-12)5-6-17-14/h1-8,17-19H,9H2. The Morgan fingerprint density at radius 2 is 2.00 bits per heavy atom. The number of phenolic OH excluding ortho intramolecular Hbond substituents is 1. The van der Waals surface area contributed by atoms with Gasteiger partial charge in [0.25, 0.3) is 0 Å². The number of fused-ring (bicyclic) bond motifs is 1. The van der Waals surface area contributed by atoms with Gasteiger partial charge in [0.1, 0.15) is 5.75 Å². The molecule has 0 amide bonds. The molecule has 1 heterocycles. The lowest BCUT2D eigenvalue weighted by molar-refractivity contribution is 0.471. The second-order valence-corrected chi connectivity index (χ2v) is 5.27. The van der Waals surface area contributed by atoms with Gasteiger partial charge >= 0.3 is 0 Å². The minimum Gasteiger partial charge on any atom is -0.507 e. The fourth-order valence-corrected chi connectivity index (χ4v) is 2.45. The Balaban J connectivity index is 1.75. The smallest absolute Gasteiger partial charge is 0.129 e. The highest BCUT2D eigenvalue weighted by molar-refractivity contribution is 9.10. The third-order valence-corrected chi connectivity index (χ3v) is 3.70. The first-order valence-corrected chi connectivity index (χ1v) is 6.80. The topological polar surface area (TPSA) is 48.0 Å². The molecule has 19 heavy (non-hydrogen) atoms. The van der Waals surface area contributed by atoms with Crippen LogP contribution in [0.4, 0.5) is 5.69 Å². The van der Waals surface area contributed by atoms with Gasteiger partial charge in [0, 0.05) is 29.3 Å². The number of anilines is 1. The van der Waals surface area contributed by atoms with Gasteiger partial charge in [-0.1, -0.05) is 6.07 Å². The van der Waals surface area contributed by atoms with Crippen molar-refractivity contribution in [1.29, 1.82) is 0 Å². The largest absolute Gasteiger partial charge is 0.507 e. The van der Waals surface area contributed by atoms with E-state index in [9.17, 15) is 5.11 Å². The first kappa shape index (κ1) is 12.1. The van der Waals surface area contributed by atoms with E-state index in [1.165, 1.54) is 5.39 Å². The lowest BCUT2D eigenvalue weighted by Gasteiger charge is -2.08. The molecule has 3 N–H and O–H groups in total. The van der Waals surface area contributed by atoms with Gasteiger partial charge in [-0.3, -0.25) is 0 Å². The fourth-order valence-electron chi connectivity index (χ4n) is 2.03. The van der Waals surface area contributed by atoms with Gasteiger partial charge in [-0.2, -0.15) is 0 Å². The molecule has 0 radical (unpaired) electrons. The maximum Gasteiger partial charge on any atom is 0.129 e. The minimum atomic E-state index is 0.262. The van der Waals surface area contributed by atoms with E-state index in [1.54, 1.807) is 6.07 Å². The van der Waals surface area contributed by atoms with Crippen LogP contribution >= 0.6 is 15.9 Å². The van der Waals surface area contributed by atoms with Gasteiger partial charge in [-0.05, 0) is 57.9 Å². The normalized spacial score (nSPS) is 10.8. The first-order chi connectivity index (χ1) is 9.22. The molecule has 2 aromatic carbocycles. The van der Waals surface area contributed by atoms with Crippen LogP contribution in [0.5, 0.6) is 5.75 Å². The lowest BCUT2D eigenvalue weighted by Crippen LogP contribution is -1.99. The third-order valence-electron chi connectivity index (χ3n) is 3.06. The number of nitrogens with one attached hydrogen (secondary N) is 2. The molecule has 4 heteroatoms. The van der Waals surface area contributed by atoms with Crippen LogP contribution in [-0.2, 0) is 6.54 Å². The zero-order valence-corrected chi connectivity index (χ0v) is 11.7. The Kier molecular flexibility index (Phi) is 3.17. The van der Waals surface area contributed by atoms with Crippen LogP contribution in [0, 0.1) is 0 Å². The Bertz CT molecular complexity index is 721. The van der Waals surface area contributed by atoms with E-state index in [1.807, 2.05) is 24.4 Å². The monoisotopic (exact) mass is 316 g/mol. The zero-order chi connectivity index (χ0) is 13.2. The zero-order valence-electron chi connectivity index (χ0n) is 10.2. The minimum absolute atomic E-state index is 0.262. The molecular weight excluding hydrogens is 304 g/mol. The molecule has 0 unspecified atom stereocenters. The van der Waals surface area contributed by atoms with Gasteiger partial charge in [0.05, 0.1) is 4.47 Å². The van der Waals surface area contributed by atoms with E-state index in [4.69, 9.17) is 0 Å². The van der Waals surface area contributed by atoms with Crippen LogP contribution in [0.25, 0.3) is 10.9 Å². The summed E-state index contributed by atoms with van der Waals surface area (Å²) in [5.74, 6) is 0.262. The SMILES string of the molecule is Oc1ccc(CNc2ccc3[nH]ccc3c2)cc1Br. The van der Waals surface area contributed by atoms with Crippen LogP contribution in [0.2, 0.25) is 0 Å². The number of aromatic amines is 1. The maximum absolute atomic E-state index is 9.45. The number of hydrogen-bond donors (Lipinski definition) is 3. The summed E-state index contributed by atoms with van der Waals surface area (Å²) >= 11 is 3.32. The second kappa shape index (κ2) is 4.97. The van der Waals surface area contributed by atoms with E-state index < -0.39 is 0 Å². The summed E-state index contributed by atoms with van der Waals surface area (Å²) in [7, 11) is 0. The lowest BCUT2D eigenvalue weighted by atomic mass is 10.2. The van der Waals surface area contributed by atoms with Crippen LogP contribution in [-0.4, -0.2) is 10.1 Å². The number of phenols is 1. The Labute approximate surface area is 119 Å². The van der Waals surface area contributed by atoms with E-state index in [-0.39, 0.29) is 5.75 Å². The van der Waals surface area contributed by atoms with Crippen LogP contribution in [0.1, 0.15) is 5.56 Å². The molecule has 0 saturated heterocycles. The van der Waals surface area contributed by atoms with Gasteiger partial charge < -0.3 is 15.4 Å². The molecule has 96 valence electrons. The van der Waals surface area contributed by atoms with Crippen LogP contribution in [0.3, 0.4) is 0 Å². The average Bonchev–Trinajstić information content (AvgIpc) is 2.87. The maximum atomic E-state index is 9.45. The Hall–Kier alpha value is -1.94. The average molecular weight is 317 g/mol. The summed E-state index contributed by atoms with van der Waals surface area (Å²) in [5, 5.41) is 14.0. The molecule has 3 rings (SSSR count). The molecule has 0 atom stereocenters. The van der Waals surface area contributed by atoms with E-state index in [0.29, 0.717) is 4.47 Å². The molecule has 0 fully saturated rings. The second-order valence-electron chi connectivity index (χ2n) is 4.42. The highest BCUT2D eigenvalue weighted by Crippen LogP contribution is 2.25. The number of hydrogen-bond acceptors (Lipinski definition) is 2. The van der Waals surface area contributed by atoms with E-state index in [0.717, 1.165) is 23.3 Å².